The van der Waals surface area contributed by atoms with Gasteiger partial charge in [-0.25, -0.2) is 8.42 Å². The van der Waals surface area contributed by atoms with Crippen molar-refractivity contribution < 1.29 is 46.7 Å². The summed E-state index contributed by atoms with van der Waals surface area (Å²) < 4.78 is 38.3. The van der Waals surface area contributed by atoms with E-state index in [9.17, 15) is 13.0 Å². The molecule has 2 aromatic rings. The summed E-state index contributed by atoms with van der Waals surface area (Å²) in [4.78, 5) is 2.10. The number of benzene rings is 1. The van der Waals surface area contributed by atoms with Gasteiger partial charge in [-0.15, -0.1) is 20.4 Å². The Morgan fingerprint density at radius 2 is 2.06 bits per heavy atom. The summed E-state index contributed by atoms with van der Waals surface area (Å²) in [5.74, 6) is 1.22. The van der Waals surface area contributed by atoms with Gasteiger partial charge in [-0.05, 0) is 62.1 Å². The average Bonchev–Trinajstić information content (AvgIpc) is 3.12. The van der Waals surface area contributed by atoms with Crippen LogP contribution in [0.3, 0.4) is 0 Å². The van der Waals surface area contributed by atoms with Crippen LogP contribution in [-0.2, 0) is 14.6 Å². The fourth-order valence-electron chi connectivity index (χ4n) is 3.48. The molecule has 0 spiro atoms. The fourth-order valence-corrected chi connectivity index (χ4v) is 5.47. The summed E-state index contributed by atoms with van der Waals surface area (Å²) in [7, 11) is -4.75. The van der Waals surface area contributed by atoms with Crippen molar-refractivity contribution in [2.75, 3.05) is 23.8 Å². The van der Waals surface area contributed by atoms with Crippen molar-refractivity contribution in [3.05, 3.63) is 23.3 Å². The van der Waals surface area contributed by atoms with Crippen molar-refractivity contribution in [2.24, 2.45) is 10.2 Å². The Labute approximate surface area is 219 Å². The molecule has 1 aliphatic heterocycles. The van der Waals surface area contributed by atoms with E-state index in [1.54, 1.807) is 11.8 Å². The van der Waals surface area contributed by atoms with Crippen LogP contribution in [-0.4, -0.2) is 47.6 Å². The molecule has 0 saturated heterocycles. The number of aryl methyl sites for hydroxylation is 1. The maximum atomic E-state index is 11.0. The number of rotatable bonds is 8. The Kier molecular flexibility index (Phi) is 9.69. The summed E-state index contributed by atoms with van der Waals surface area (Å²) in [5, 5.41) is 17.3. The number of fused-ring (bicyclic) bond motifs is 1. The van der Waals surface area contributed by atoms with Crippen LogP contribution in [0.2, 0.25) is 0 Å². The number of nitrogens with zero attached hydrogens (tertiary/aromatic N) is 5. The van der Waals surface area contributed by atoms with Crippen LogP contribution in [0.1, 0.15) is 51.2 Å². The Morgan fingerprint density at radius 3 is 2.72 bits per heavy atom. The van der Waals surface area contributed by atoms with Crippen molar-refractivity contribution in [1.29, 1.82) is 0 Å². The Morgan fingerprint density at radius 1 is 1.34 bits per heavy atom. The second-order valence-corrected chi connectivity index (χ2v) is 11.5. The minimum atomic E-state index is -4.75. The van der Waals surface area contributed by atoms with Crippen molar-refractivity contribution in [1.82, 2.24) is 10.2 Å². The van der Waals surface area contributed by atoms with Gasteiger partial charge in [-0.2, -0.15) is 0 Å². The third-order valence-electron chi connectivity index (χ3n) is 5.15. The number of azo groups is 1. The molecule has 170 valence electrons. The quantitative estimate of drug-likeness (QED) is 0.175. The van der Waals surface area contributed by atoms with E-state index in [4.69, 9.17) is 0 Å². The van der Waals surface area contributed by atoms with Gasteiger partial charge in [0.1, 0.15) is 0 Å². The topological polar surface area (TPSA) is 120 Å². The summed E-state index contributed by atoms with van der Waals surface area (Å²) in [6, 6.07) is 4.06. The maximum Gasteiger partial charge on any atom is 1.00 e. The van der Waals surface area contributed by atoms with Gasteiger partial charge < -0.3 is 9.45 Å². The molecule has 32 heavy (non-hydrogen) atoms. The van der Waals surface area contributed by atoms with Gasteiger partial charge in [0.25, 0.3) is 5.13 Å². The molecule has 13 heteroatoms. The van der Waals surface area contributed by atoms with E-state index in [1.807, 2.05) is 32.9 Å². The van der Waals surface area contributed by atoms with Crippen molar-refractivity contribution in [3.63, 3.8) is 0 Å². The van der Waals surface area contributed by atoms with Crippen LogP contribution in [0.4, 0.5) is 16.5 Å². The molecule has 1 unspecified atom stereocenters. The van der Waals surface area contributed by atoms with E-state index in [0.29, 0.717) is 11.0 Å². The van der Waals surface area contributed by atoms with E-state index < -0.39 is 15.9 Å². The van der Waals surface area contributed by atoms with E-state index in [2.05, 4.69) is 43.4 Å². The van der Waals surface area contributed by atoms with Gasteiger partial charge in [0.2, 0.25) is 10.4 Å². The molecule has 1 atom stereocenters. The monoisotopic (exact) mass is 507 g/mol. The molecule has 1 aliphatic rings. The second-order valence-electron chi connectivity index (χ2n) is 8.01. The first kappa shape index (κ1) is 27.6. The van der Waals surface area contributed by atoms with Crippen molar-refractivity contribution >= 4 is 50.0 Å². The smallest absolute Gasteiger partial charge is 0.726 e. The molecule has 0 fully saturated rings. The van der Waals surface area contributed by atoms with Crippen LogP contribution < -0.4 is 34.5 Å². The maximum absolute atomic E-state index is 11.0. The van der Waals surface area contributed by atoms with E-state index in [1.165, 1.54) is 11.3 Å². The van der Waals surface area contributed by atoms with Crippen molar-refractivity contribution in [2.45, 2.75) is 56.8 Å². The van der Waals surface area contributed by atoms with Gasteiger partial charge in [0.15, 0.2) is 4.34 Å². The predicted molar refractivity (Wildman–Crippen MR) is 122 cm³/mol. The first-order valence-corrected chi connectivity index (χ1v) is 13.0. The third-order valence-corrected chi connectivity index (χ3v) is 7.38. The zero-order valence-electron chi connectivity index (χ0n) is 19.2. The largest absolute Gasteiger partial charge is 1.00 e. The first-order valence-electron chi connectivity index (χ1n) is 9.90. The zero-order chi connectivity index (χ0) is 22.8. The summed E-state index contributed by atoms with van der Waals surface area (Å²) in [6.07, 6.45) is 0.883. The van der Waals surface area contributed by atoms with Crippen LogP contribution >= 0.6 is 23.1 Å². The Balaban J connectivity index is 0.00000363. The number of hydrogen-bond donors (Lipinski definition) is 0. The summed E-state index contributed by atoms with van der Waals surface area (Å²) in [5.41, 5.74) is 3.10. The van der Waals surface area contributed by atoms with Crippen LogP contribution in [0.15, 0.2) is 26.7 Å². The summed E-state index contributed by atoms with van der Waals surface area (Å²) in [6.45, 7) is 10.4. The van der Waals surface area contributed by atoms with Gasteiger partial charge in [-0.3, -0.25) is 4.18 Å². The molecular weight excluding hydrogens is 481 g/mol. The standard InChI is InChI=1S/C19H27N5O4S3.Na/c1-6-29-18-23-22-17(30-18)21-20-15-10-14-12(2)7-8-24(16(14)9-13(15)3)19(4,5)11-28-31(25,26)27;/h9-10,12H,6-8,11H2,1-5H3,(H,25,26,27);/q;+1/p-1. The van der Waals surface area contributed by atoms with Gasteiger partial charge in [0, 0.05) is 12.2 Å². The third kappa shape index (κ3) is 6.95. The Hall–Kier alpha value is -0.600. The minimum Gasteiger partial charge on any atom is -0.726 e. The van der Waals surface area contributed by atoms with Gasteiger partial charge in [-0.1, -0.05) is 36.9 Å². The van der Waals surface area contributed by atoms with Crippen LogP contribution in [0, 0.1) is 6.92 Å². The molecule has 0 amide bonds. The number of anilines is 1. The Bertz CT molecular complexity index is 1070. The molecule has 0 aliphatic carbocycles. The van der Waals surface area contributed by atoms with Crippen LogP contribution in [0.25, 0.3) is 0 Å². The number of thioether (sulfide) groups is 1. The number of hydrogen-bond acceptors (Lipinski definition) is 11. The molecule has 0 N–H and O–H groups in total. The number of aromatic nitrogens is 2. The SMILES string of the molecule is CCSc1nnc(N=Nc2cc3c(cc2C)N(C(C)(C)COS(=O)(=O)[O-])CCC3C)s1.[Na+]. The molecule has 2 heterocycles. The molecule has 0 saturated carbocycles. The summed E-state index contributed by atoms with van der Waals surface area (Å²) >= 11 is 3.02. The molecule has 1 aromatic carbocycles. The van der Waals surface area contributed by atoms with E-state index in [-0.39, 0.29) is 36.2 Å². The molecule has 1 aromatic heterocycles. The van der Waals surface area contributed by atoms with Crippen molar-refractivity contribution in [3.8, 4) is 0 Å². The second kappa shape index (κ2) is 11.2. The zero-order valence-corrected chi connectivity index (χ0v) is 23.6. The molecule has 0 radical (unpaired) electrons. The fraction of sp³-hybridized carbons (Fsp3) is 0.579. The normalized spacial score (nSPS) is 16.8. The first-order chi connectivity index (χ1) is 14.5. The average molecular weight is 508 g/mol. The van der Waals surface area contributed by atoms with Gasteiger partial charge in [0.05, 0.1) is 17.8 Å². The minimum absolute atomic E-state index is 0. The van der Waals surface area contributed by atoms with E-state index >= 15 is 0 Å². The molecule has 0 bridgehead atoms. The molecule has 3 rings (SSSR count). The van der Waals surface area contributed by atoms with E-state index in [0.717, 1.165) is 45.6 Å². The predicted octanol–water partition coefficient (Wildman–Crippen LogP) is 1.95. The molecule has 9 nitrogen and oxygen atoms in total. The van der Waals surface area contributed by atoms with Gasteiger partial charge >= 0.3 is 29.6 Å². The molecular formula is C19H26N5NaO4S3. The van der Waals surface area contributed by atoms with Crippen LogP contribution in [0.5, 0.6) is 0 Å².